The van der Waals surface area contributed by atoms with E-state index in [2.05, 4.69) is 205 Å². The maximum Gasteiger partial charge on any atom is 0.0540 e. The lowest BCUT2D eigenvalue weighted by Gasteiger charge is -2.49. The number of fused-ring (bicyclic) bond motifs is 3. The van der Waals surface area contributed by atoms with Crippen LogP contribution in [0.25, 0.3) is 55.6 Å². The van der Waals surface area contributed by atoms with E-state index in [0.717, 1.165) is 0 Å². The quantitative estimate of drug-likeness (QED) is 0.141. The van der Waals surface area contributed by atoms with E-state index in [-0.39, 0.29) is 5.41 Å². The summed E-state index contributed by atoms with van der Waals surface area (Å²) in [6.45, 7) is 0. The first kappa shape index (κ1) is 38.5. The minimum absolute atomic E-state index is 0.0384. The Hall–Kier alpha value is -6.44. The van der Waals surface area contributed by atoms with Crippen molar-refractivity contribution in [3.8, 4) is 55.6 Å². The van der Waals surface area contributed by atoms with E-state index >= 15 is 0 Å². The van der Waals surface area contributed by atoms with Crippen LogP contribution in [0, 0.1) is 11.8 Å². The Morgan fingerprint density at radius 1 is 0.306 bits per heavy atom. The number of rotatable bonds is 9. The van der Waals surface area contributed by atoms with E-state index in [9.17, 15) is 0 Å². The van der Waals surface area contributed by atoms with Crippen LogP contribution in [-0.4, -0.2) is 0 Å². The van der Waals surface area contributed by atoms with Crippen molar-refractivity contribution in [2.75, 3.05) is 4.90 Å². The summed E-state index contributed by atoms with van der Waals surface area (Å²) in [6.07, 6.45) is 13.2. The molecule has 0 bridgehead atoms. The molecule has 11 rings (SSSR count). The third kappa shape index (κ3) is 6.89. The number of hydrogen-bond donors (Lipinski definition) is 0. The first-order valence-electron chi connectivity index (χ1n) is 23.3. The summed E-state index contributed by atoms with van der Waals surface area (Å²) in [4.78, 5) is 2.55. The highest BCUT2D eigenvalue weighted by Gasteiger charge is 2.53. The molecular weight excluding hydrogens is 747 g/mol. The van der Waals surface area contributed by atoms with Crippen molar-refractivity contribution in [3.05, 3.63) is 211 Å². The van der Waals surface area contributed by atoms with Gasteiger partial charge in [-0.1, -0.05) is 202 Å². The SMILES string of the molecule is c1ccc(-c2ccc(-c3ccc4c(c3)C(C3CCCCC3)(C3CCCCC3)c3cc(N(c5ccc(-c6ccccc6)cc5)c5ccccc5-c5ccccc5)ccc3-4)cc2)cc1. The van der Waals surface area contributed by atoms with Gasteiger partial charge in [0.2, 0.25) is 0 Å². The molecule has 0 radical (unpaired) electrons. The Kier molecular flexibility index (Phi) is 10.4. The van der Waals surface area contributed by atoms with Gasteiger partial charge in [-0.05, 0) is 135 Å². The van der Waals surface area contributed by atoms with Gasteiger partial charge in [0.25, 0.3) is 0 Å². The highest BCUT2D eigenvalue weighted by molar-refractivity contribution is 5.92. The molecule has 0 heterocycles. The Morgan fingerprint density at radius 2 is 0.710 bits per heavy atom. The monoisotopic (exact) mass is 801 g/mol. The number of benzene rings is 8. The minimum atomic E-state index is -0.0384. The molecule has 3 aliphatic rings. The molecule has 62 heavy (non-hydrogen) atoms. The van der Waals surface area contributed by atoms with Crippen molar-refractivity contribution < 1.29 is 0 Å². The third-order valence-electron chi connectivity index (χ3n) is 14.7. The molecule has 2 fully saturated rings. The second-order valence-electron chi connectivity index (χ2n) is 18.1. The molecule has 0 aliphatic heterocycles. The zero-order valence-electron chi connectivity index (χ0n) is 35.7. The summed E-state index contributed by atoms with van der Waals surface area (Å²) >= 11 is 0. The highest BCUT2D eigenvalue weighted by Crippen LogP contribution is 2.63. The number of anilines is 3. The van der Waals surface area contributed by atoms with Gasteiger partial charge in [-0.2, -0.15) is 0 Å². The van der Waals surface area contributed by atoms with Crippen LogP contribution in [0.15, 0.2) is 200 Å². The normalized spacial score (nSPS) is 16.1. The molecule has 8 aromatic rings. The number of para-hydroxylation sites is 1. The first-order chi connectivity index (χ1) is 30.8. The van der Waals surface area contributed by atoms with E-state index in [1.165, 1.54) is 137 Å². The van der Waals surface area contributed by atoms with Crippen LogP contribution in [0.2, 0.25) is 0 Å². The molecule has 8 aromatic carbocycles. The molecule has 0 N–H and O–H groups in total. The average molecular weight is 802 g/mol. The van der Waals surface area contributed by atoms with Gasteiger partial charge in [0.15, 0.2) is 0 Å². The summed E-state index contributed by atoms with van der Waals surface area (Å²) in [7, 11) is 0. The van der Waals surface area contributed by atoms with Gasteiger partial charge in [-0.3, -0.25) is 0 Å². The highest BCUT2D eigenvalue weighted by atomic mass is 15.1. The van der Waals surface area contributed by atoms with Gasteiger partial charge < -0.3 is 4.90 Å². The Labute approximate surface area is 368 Å². The summed E-state index contributed by atoms with van der Waals surface area (Å²) < 4.78 is 0. The Bertz CT molecular complexity index is 2760. The van der Waals surface area contributed by atoms with Crippen LogP contribution in [0.5, 0.6) is 0 Å². The standard InChI is InChI=1S/C61H55N/c1-6-18-44(19-7-1)46-30-32-48(33-31-46)50-36-40-56-57-41-39-54(43-59(57)61(58(56)42-50,51-24-12-4-13-25-51)52-26-14-5-15-27-52)62(53-37-34-47(35-38-53)45-20-8-2-9-21-45)60-29-17-16-28-55(60)49-22-10-3-11-23-49/h1-3,6-11,16-23,28-43,51-52H,4-5,12-15,24-27H2. The topological polar surface area (TPSA) is 3.24 Å². The van der Waals surface area contributed by atoms with E-state index in [1.54, 1.807) is 11.1 Å². The van der Waals surface area contributed by atoms with Crippen LogP contribution in [0.1, 0.15) is 75.3 Å². The fourth-order valence-corrected chi connectivity index (χ4v) is 11.9. The molecule has 2 saturated carbocycles. The second-order valence-corrected chi connectivity index (χ2v) is 18.1. The smallest absolute Gasteiger partial charge is 0.0540 e. The van der Waals surface area contributed by atoms with Gasteiger partial charge in [0, 0.05) is 22.4 Å². The Morgan fingerprint density at radius 3 is 1.27 bits per heavy atom. The molecule has 1 heteroatoms. The van der Waals surface area contributed by atoms with E-state index in [0.29, 0.717) is 11.8 Å². The maximum atomic E-state index is 2.67. The molecule has 0 atom stereocenters. The molecule has 304 valence electrons. The molecule has 0 aromatic heterocycles. The Balaban J connectivity index is 1.10. The van der Waals surface area contributed by atoms with E-state index < -0.39 is 0 Å². The fraction of sp³-hybridized carbons (Fsp3) is 0.213. The van der Waals surface area contributed by atoms with Gasteiger partial charge in [0.1, 0.15) is 0 Å². The van der Waals surface area contributed by atoms with Gasteiger partial charge in [0.05, 0.1) is 5.69 Å². The molecule has 0 unspecified atom stereocenters. The van der Waals surface area contributed by atoms with Crippen LogP contribution < -0.4 is 4.90 Å². The van der Waals surface area contributed by atoms with Crippen LogP contribution in [0.4, 0.5) is 17.1 Å². The van der Waals surface area contributed by atoms with E-state index in [4.69, 9.17) is 0 Å². The zero-order chi connectivity index (χ0) is 41.3. The minimum Gasteiger partial charge on any atom is -0.310 e. The predicted octanol–water partition coefficient (Wildman–Crippen LogP) is 17.3. The molecular formula is C61H55N. The van der Waals surface area contributed by atoms with Crippen molar-refractivity contribution in [1.82, 2.24) is 0 Å². The molecule has 0 saturated heterocycles. The lowest BCUT2D eigenvalue weighted by molar-refractivity contribution is 0.137. The molecule has 1 nitrogen and oxygen atoms in total. The first-order valence-corrected chi connectivity index (χ1v) is 23.3. The molecule has 0 spiro atoms. The van der Waals surface area contributed by atoms with Crippen LogP contribution in [-0.2, 0) is 5.41 Å². The van der Waals surface area contributed by atoms with Gasteiger partial charge >= 0.3 is 0 Å². The lowest BCUT2D eigenvalue weighted by atomic mass is 9.54. The second kappa shape index (κ2) is 16.8. The lowest BCUT2D eigenvalue weighted by Crippen LogP contribution is -2.44. The van der Waals surface area contributed by atoms with Gasteiger partial charge in [-0.15, -0.1) is 0 Å². The maximum absolute atomic E-state index is 2.67. The summed E-state index contributed by atoms with van der Waals surface area (Å²) in [5.41, 5.74) is 19.7. The summed E-state index contributed by atoms with van der Waals surface area (Å²) in [5.74, 6) is 1.22. The van der Waals surface area contributed by atoms with Crippen LogP contribution in [0.3, 0.4) is 0 Å². The molecule has 3 aliphatic carbocycles. The average Bonchev–Trinajstić information content (AvgIpc) is 3.65. The van der Waals surface area contributed by atoms with Crippen molar-refractivity contribution >= 4 is 17.1 Å². The fourth-order valence-electron chi connectivity index (χ4n) is 11.9. The molecule has 0 amide bonds. The summed E-state index contributed by atoms with van der Waals surface area (Å²) in [5, 5.41) is 0. The number of hydrogen-bond acceptors (Lipinski definition) is 1. The predicted molar refractivity (Wildman–Crippen MR) is 262 cm³/mol. The zero-order valence-corrected chi connectivity index (χ0v) is 35.7. The van der Waals surface area contributed by atoms with Crippen molar-refractivity contribution in [2.45, 2.75) is 69.6 Å². The van der Waals surface area contributed by atoms with E-state index in [1.807, 2.05) is 0 Å². The van der Waals surface area contributed by atoms with Crippen molar-refractivity contribution in [2.24, 2.45) is 11.8 Å². The number of nitrogens with zero attached hydrogens (tertiary/aromatic N) is 1. The van der Waals surface area contributed by atoms with Crippen molar-refractivity contribution in [1.29, 1.82) is 0 Å². The van der Waals surface area contributed by atoms with Gasteiger partial charge in [-0.25, -0.2) is 0 Å². The summed E-state index contributed by atoms with van der Waals surface area (Å²) in [6, 6.07) is 75.2. The van der Waals surface area contributed by atoms with Crippen molar-refractivity contribution in [3.63, 3.8) is 0 Å². The van der Waals surface area contributed by atoms with Crippen LogP contribution >= 0.6 is 0 Å². The largest absolute Gasteiger partial charge is 0.310 e. The third-order valence-corrected chi connectivity index (χ3v) is 14.7.